The van der Waals surface area contributed by atoms with Crippen molar-refractivity contribution in [3.05, 3.63) is 23.1 Å². The molecular formula is C23H26FN5O8S. The van der Waals surface area contributed by atoms with Crippen LogP contribution in [0.1, 0.15) is 29.9 Å². The number of ether oxygens (including phenoxy) is 1. The van der Waals surface area contributed by atoms with Crippen LogP contribution in [0.5, 0.6) is 0 Å². The Bertz CT molecular complexity index is 1380. The molecule has 5 amide bonds. The zero-order valence-corrected chi connectivity index (χ0v) is 21.3. The van der Waals surface area contributed by atoms with E-state index in [1.165, 1.54) is 11.0 Å². The van der Waals surface area contributed by atoms with Crippen molar-refractivity contribution in [3.63, 3.8) is 0 Å². The zero-order chi connectivity index (χ0) is 27.1. The average molecular weight is 552 g/mol. The lowest BCUT2D eigenvalue weighted by molar-refractivity contribution is -0.153. The van der Waals surface area contributed by atoms with Gasteiger partial charge in [-0.1, -0.05) is 5.16 Å². The number of anilines is 1. The Morgan fingerprint density at radius 1 is 1.18 bits per heavy atom. The summed E-state index contributed by atoms with van der Waals surface area (Å²) in [5, 5.41) is 8.27. The van der Waals surface area contributed by atoms with Gasteiger partial charge in [-0.05, 0) is 25.5 Å². The second kappa shape index (κ2) is 8.36. The first-order valence-electron chi connectivity index (χ1n) is 12.2. The first kappa shape index (κ1) is 25.0. The van der Waals surface area contributed by atoms with Crippen molar-refractivity contribution in [1.29, 1.82) is 0 Å². The van der Waals surface area contributed by atoms with E-state index in [2.05, 4.69) is 15.8 Å². The molecule has 4 aliphatic rings. The number of carbonyl (C=O) groups is 4. The summed E-state index contributed by atoms with van der Waals surface area (Å²) in [6.07, 6.45) is -1.30. The molecule has 0 unspecified atom stereocenters. The summed E-state index contributed by atoms with van der Waals surface area (Å²) in [7, 11) is -2.74. The molecule has 1 spiro atoms. The number of amides is 5. The van der Waals surface area contributed by atoms with E-state index in [9.17, 15) is 28.3 Å². The fourth-order valence-electron chi connectivity index (χ4n) is 6.18. The summed E-state index contributed by atoms with van der Waals surface area (Å²) >= 11 is 0. The molecule has 0 saturated carbocycles. The summed E-state index contributed by atoms with van der Waals surface area (Å²) in [6, 6.07) is -0.370. The number of nitrogens with zero attached hydrogens (tertiary/aromatic N) is 3. The number of hydrogen-bond donors (Lipinski definition) is 4. The summed E-state index contributed by atoms with van der Waals surface area (Å²) < 4.78 is 47.1. The molecule has 3 atom stereocenters. The number of benzene rings is 1. The second-order valence-electron chi connectivity index (χ2n) is 10.2. The molecule has 1 aromatic carbocycles. The number of aromatic nitrogens is 1. The number of nitrogens with one attached hydrogen (secondary N) is 2. The highest BCUT2D eigenvalue weighted by Crippen LogP contribution is 2.49. The maximum atomic E-state index is 16.1. The molecular weight excluding hydrogens is 525 g/mol. The normalized spacial score (nSPS) is 29.0. The van der Waals surface area contributed by atoms with Crippen molar-refractivity contribution in [2.75, 3.05) is 36.0 Å². The largest absolute Gasteiger partial charge is 0.372 e. The van der Waals surface area contributed by atoms with Crippen LogP contribution in [-0.4, -0.2) is 92.3 Å². The molecule has 5 heterocycles. The average Bonchev–Trinajstić information content (AvgIpc) is 3.25. The highest BCUT2D eigenvalue weighted by atomic mass is 32.3. The predicted molar refractivity (Wildman–Crippen MR) is 131 cm³/mol. The van der Waals surface area contributed by atoms with Gasteiger partial charge < -0.3 is 19.1 Å². The van der Waals surface area contributed by atoms with E-state index in [0.717, 1.165) is 0 Å². The molecule has 4 aliphatic heterocycles. The van der Waals surface area contributed by atoms with Crippen LogP contribution in [0.4, 0.5) is 14.9 Å². The highest BCUT2D eigenvalue weighted by molar-refractivity contribution is 8.24. The minimum absolute atomic E-state index is 0.0263. The molecule has 0 radical (unpaired) electrons. The number of morpholine rings is 1. The molecule has 13 nitrogen and oxygen atoms in total. The van der Waals surface area contributed by atoms with Gasteiger partial charge in [0, 0.05) is 26.1 Å². The van der Waals surface area contributed by atoms with Crippen LogP contribution < -0.4 is 15.5 Å². The Morgan fingerprint density at radius 3 is 2.50 bits per heavy atom. The highest BCUT2D eigenvalue weighted by Gasteiger charge is 2.63. The molecule has 0 aliphatic carbocycles. The number of imide groups is 2. The summed E-state index contributed by atoms with van der Waals surface area (Å²) in [4.78, 5) is 54.8. The fraction of sp³-hybridized carbons (Fsp3) is 0.522. The third-order valence-electron chi connectivity index (χ3n) is 7.83. The van der Waals surface area contributed by atoms with E-state index in [4.69, 9.17) is 9.26 Å². The van der Waals surface area contributed by atoms with Crippen LogP contribution >= 0.6 is 10.6 Å². The Kier molecular flexibility index (Phi) is 5.51. The third-order valence-corrected chi connectivity index (χ3v) is 9.50. The Labute approximate surface area is 217 Å². The van der Waals surface area contributed by atoms with Crippen LogP contribution in [0.3, 0.4) is 0 Å². The number of halogens is 1. The van der Waals surface area contributed by atoms with Crippen LogP contribution in [0.25, 0.3) is 11.0 Å². The van der Waals surface area contributed by atoms with Crippen molar-refractivity contribution in [1.82, 2.24) is 20.7 Å². The molecule has 0 bridgehead atoms. The van der Waals surface area contributed by atoms with E-state index >= 15 is 4.39 Å². The molecule has 3 fully saturated rings. The van der Waals surface area contributed by atoms with E-state index < -0.39 is 57.7 Å². The van der Waals surface area contributed by atoms with E-state index in [1.807, 2.05) is 0 Å². The van der Waals surface area contributed by atoms with Gasteiger partial charge in [-0.15, -0.1) is 0 Å². The lowest BCUT2D eigenvalue weighted by atomic mass is 9.66. The van der Waals surface area contributed by atoms with Crippen LogP contribution in [0.15, 0.2) is 10.6 Å². The van der Waals surface area contributed by atoms with Crippen LogP contribution in [0, 0.1) is 11.2 Å². The van der Waals surface area contributed by atoms with Crippen molar-refractivity contribution in [3.8, 4) is 0 Å². The summed E-state index contributed by atoms with van der Waals surface area (Å²) in [6.45, 7) is 3.80. The first-order chi connectivity index (χ1) is 17.9. The van der Waals surface area contributed by atoms with E-state index in [0.29, 0.717) is 0 Å². The molecule has 3 saturated heterocycles. The number of rotatable bonds is 1. The zero-order valence-electron chi connectivity index (χ0n) is 20.5. The second-order valence-corrected chi connectivity index (χ2v) is 12.7. The van der Waals surface area contributed by atoms with Gasteiger partial charge in [-0.3, -0.25) is 34.1 Å². The molecule has 4 N–H and O–H groups in total. The number of carbonyl (C=O) groups excluding carboxylic acids is 4. The standard InChI is InChI=1S/C23H26FN5O8S/c1-10-9-29-16-12(8-23(18(29)11(2)36-10)20(31)25-22(33)26-21(23)32)7-13-15(27-37-17(13)14(16)24)19(30)28-3-5-38(34,35)6-4-28/h7,10-11,18,34-35H,3-6,8-9H2,1-2H3,(H2,25,26,31,32,33)/t10-,11+,18-/m1/s1. The fourth-order valence-corrected chi connectivity index (χ4v) is 7.41. The Morgan fingerprint density at radius 2 is 1.84 bits per heavy atom. The van der Waals surface area contributed by atoms with Crippen LogP contribution in [-0.2, 0) is 20.7 Å². The van der Waals surface area contributed by atoms with Gasteiger partial charge in [0.15, 0.2) is 16.9 Å². The molecule has 1 aromatic heterocycles. The lowest BCUT2D eigenvalue weighted by Gasteiger charge is -2.55. The quantitative estimate of drug-likeness (QED) is 0.375. The van der Waals surface area contributed by atoms with Crippen molar-refractivity contribution >= 4 is 51.0 Å². The van der Waals surface area contributed by atoms with E-state index in [1.54, 1.807) is 18.7 Å². The van der Waals surface area contributed by atoms with Gasteiger partial charge >= 0.3 is 6.03 Å². The van der Waals surface area contributed by atoms with Crippen molar-refractivity contribution in [2.45, 2.75) is 38.5 Å². The molecule has 15 heteroatoms. The molecule has 204 valence electrons. The van der Waals surface area contributed by atoms with Crippen molar-refractivity contribution < 1.29 is 41.9 Å². The minimum atomic E-state index is -2.74. The predicted octanol–water partition coefficient (Wildman–Crippen LogP) is 1.06. The van der Waals surface area contributed by atoms with Crippen molar-refractivity contribution in [2.24, 2.45) is 5.41 Å². The molecule has 2 aromatic rings. The number of hydrogen-bond acceptors (Lipinski definition) is 10. The third kappa shape index (κ3) is 3.52. The summed E-state index contributed by atoms with van der Waals surface area (Å²) in [5.41, 5.74) is -1.81. The number of barbiturate groups is 1. The Balaban J connectivity index is 1.48. The van der Waals surface area contributed by atoms with Gasteiger partial charge in [-0.2, -0.15) is 10.6 Å². The maximum Gasteiger partial charge on any atom is 0.328 e. The molecule has 38 heavy (non-hydrogen) atoms. The van der Waals surface area contributed by atoms with Gasteiger partial charge in [0.05, 0.1) is 40.8 Å². The SMILES string of the molecule is C[C@@H]1CN2c3c(cc4c(C(=O)N5CCS(O)(O)CC5)noc4c3F)CC3(C(=O)NC(=O)NC3=O)[C@H]2[C@H](C)O1. The summed E-state index contributed by atoms with van der Waals surface area (Å²) in [5.74, 6) is -2.92. The lowest BCUT2D eigenvalue weighted by Crippen LogP contribution is -2.75. The smallest absolute Gasteiger partial charge is 0.328 e. The Hall–Kier alpha value is -3.27. The molecule has 6 rings (SSSR count). The van der Waals surface area contributed by atoms with Gasteiger partial charge in [0.25, 0.3) is 5.91 Å². The first-order valence-corrected chi connectivity index (χ1v) is 14.0. The van der Waals surface area contributed by atoms with Crippen LogP contribution in [0.2, 0.25) is 0 Å². The van der Waals surface area contributed by atoms with Gasteiger partial charge in [-0.25, -0.2) is 9.18 Å². The minimum Gasteiger partial charge on any atom is -0.372 e. The van der Waals surface area contributed by atoms with E-state index in [-0.39, 0.29) is 71.6 Å². The van der Waals surface area contributed by atoms with Gasteiger partial charge in [0.2, 0.25) is 17.4 Å². The van der Waals surface area contributed by atoms with Gasteiger partial charge in [0.1, 0.15) is 0 Å². The number of fused-ring (bicyclic) bond motifs is 5. The monoisotopic (exact) mass is 551 g/mol. The maximum absolute atomic E-state index is 16.1. The number of urea groups is 1. The topological polar surface area (TPSA) is 175 Å².